The van der Waals surface area contributed by atoms with Crippen LogP contribution in [0.15, 0.2) is 54.6 Å². The molecule has 172 valence electrons. The Kier molecular flexibility index (Phi) is 5.12. The van der Waals surface area contributed by atoms with Crippen LogP contribution in [0.4, 0.5) is 0 Å². The molecule has 4 nitrogen and oxygen atoms in total. The summed E-state index contributed by atoms with van der Waals surface area (Å²) in [6.45, 7) is 14.5. The van der Waals surface area contributed by atoms with E-state index < -0.39 is 5.60 Å². The number of aryl methyl sites for hydroxylation is 1. The SMILES string of the molecule is Cc1cc(O)ccc1C1(c2c(C(C)(C)C)cc(O)cc2C(C)(C)C)OC(=O)c2ccccc21. The number of hydrogen-bond donors (Lipinski definition) is 2. The first-order valence-electron chi connectivity index (χ1n) is 11.3. The van der Waals surface area contributed by atoms with E-state index in [0.29, 0.717) is 5.56 Å². The monoisotopic (exact) mass is 444 g/mol. The molecule has 1 aliphatic rings. The molecule has 1 atom stereocenters. The molecule has 0 aliphatic carbocycles. The number of carbonyl (C=O) groups is 1. The highest BCUT2D eigenvalue weighted by Crippen LogP contribution is 2.54. The number of benzene rings is 3. The minimum Gasteiger partial charge on any atom is -0.508 e. The molecule has 4 heteroatoms. The van der Waals surface area contributed by atoms with Crippen molar-refractivity contribution in [1.29, 1.82) is 0 Å². The Morgan fingerprint density at radius 3 is 1.88 bits per heavy atom. The van der Waals surface area contributed by atoms with Crippen molar-refractivity contribution in [1.82, 2.24) is 0 Å². The molecule has 33 heavy (non-hydrogen) atoms. The van der Waals surface area contributed by atoms with Gasteiger partial charge in [0, 0.05) is 16.7 Å². The number of fused-ring (bicyclic) bond motifs is 1. The van der Waals surface area contributed by atoms with E-state index in [-0.39, 0.29) is 28.3 Å². The van der Waals surface area contributed by atoms with Gasteiger partial charge in [0.1, 0.15) is 11.5 Å². The summed E-state index contributed by atoms with van der Waals surface area (Å²) in [5, 5.41) is 20.9. The van der Waals surface area contributed by atoms with Crippen LogP contribution < -0.4 is 0 Å². The lowest BCUT2D eigenvalue weighted by molar-refractivity contribution is 0.0239. The van der Waals surface area contributed by atoms with Crippen molar-refractivity contribution in [2.24, 2.45) is 0 Å². The van der Waals surface area contributed by atoms with Gasteiger partial charge in [0.15, 0.2) is 5.60 Å². The zero-order valence-electron chi connectivity index (χ0n) is 20.4. The molecule has 1 aliphatic heterocycles. The van der Waals surface area contributed by atoms with Crippen LogP contribution >= 0.6 is 0 Å². The Labute approximate surface area is 195 Å². The van der Waals surface area contributed by atoms with Crippen molar-refractivity contribution in [2.45, 2.75) is 64.9 Å². The molecule has 0 saturated heterocycles. The molecule has 0 radical (unpaired) electrons. The molecule has 3 aromatic carbocycles. The Hall–Kier alpha value is -3.27. The molecule has 0 amide bonds. The van der Waals surface area contributed by atoms with Crippen LogP contribution in [-0.4, -0.2) is 16.2 Å². The lowest BCUT2D eigenvalue weighted by Gasteiger charge is -2.40. The smallest absolute Gasteiger partial charge is 0.340 e. The van der Waals surface area contributed by atoms with Crippen LogP contribution in [0.3, 0.4) is 0 Å². The maximum atomic E-state index is 13.3. The number of phenols is 2. The molecule has 0 spiro atoms. The highest BCUT2D eigenvalue weighted by molar-refractivity contribution is 5.96. The summed E-state index contributed by atoms with van der Waals surface area (Å²) in [7, 11) is 0. The number of rotatable bonds is 2. The Morgan fingerprint density at radius 2 is 1.33 bits per heavy atom. The van der Waals surface area contributed by atoms with Crippen molar-refractivity contribution in [2.75, 3.05) is 0 Å². The van der Waals surface area contributed by atoms with Gasteiger partial charge in [0.2, 0.25) is 0 Å². The molecule has 1 heterocycles. The van der Waals surface area contributed by atoms with E-state index in [4.69, 9.17) is 4.74 Å². The average molecular weight is 445 g/mol. The van der Waals surface area contributed by atoms with Gasteiger partial charge >= 0.3 is 5.97 Å². The maximum absolute atomic E-state index is 13.3. The van der Waals surface area contributed by atoms with Crippen molar-refractivity contribution >= 4 is 5.97 Å². The normalized spacial score (nSPS) is 18.2. The fourth-order valence-corrected chi connectivity index (χ4v) is 4.97. The van der Waals surface area contributed by atoms with Gasteiger partial charge in [-0.25, -0.2) is 4.79 Å². The van der Waals surface area contributed by atoms with Gasteiger partial charge in [-0.2, -0.15) is 0 Å². The molecular formula is C29H32O4. The molecular weight excluding hydrogens is 412 g/mol. The van der Waals surface area contributed by atoms with Gasteiger partial charge in [0.05, 0.1) is 5.56 Å². The van der Waals surface area contributed by atoms with E-state index in [0.717, 1.165) is 33.4 Å². The minimum absolute atomic E-state index is 0.154. The zero-order chi connectivity index (χ0) is 24.3. The molecule has 1 unspecified atom stereocenters. The minimum atomic E-state index is -1.22. The second-order valence-electron chi connectivity index (χ2n) is 11.0. The first kappa shape index (κ1) is 22.9. The first-order chi connectivity index (χ1) is 15.3. The summed E-state index contributed by atoms with van der Waals surface area (Å²) >= 11 is 0. The lowest BCUT2D eigenvalue weighted by atomic mass is 9.67. The van der Waals surface area contributed by atoms with Crippen LogP contribution in [0.25, 0.3) is 0 Å². The Morgan fingerprint density at radius 1 is 0.758 bits per heavy atom. The second kappa shape index (κ2) is 7.38. The number of aromatic hydroxyl groups is 2. The van der Waals surface area contributed by atoms with E-state index in [1.807, 2.05) is 31.2 Å². The number of phenolic OH excluding ortho intramolecular Hbond substituents is 2. The van der Waals surface area contributed by atoms with Crippen molar-refractivity contribution in [3.8, 4) is 11.5 Å². The summed E-state index contributed by atoms with van der Waals surface area (Å²) in [6.07, 6.45) is 0. The van der Waals surface area contributed by atoms with Crippen LogP contribution in [0.5, 0.6) is 11.5 Å². The van der Waals surface area contributed by atoms with Crippen LogP contribution in [0, 0.1) is 6.92 Å². The highest BCUT2D eigenvalue weighted by Gasteiger charge is 2.53. The number of hydrogen-bond acceptors (Lipinski definition) is 4. The van der Waals surface area contributed by atoms with Crippen molar-refractivity contribution < 1.29 is 19.7 Å². The summed E-state index contributed by atoms with van der Waals surface area (Å²) in [6, 6.07) is 16.2. The summed E-state index contributed by atoms with van der Waals surface area (Å²) in [5.74, 6) is -0.0449. The zero-order valence-corrected chi connectivity index (χ0v) is 20.4. The third-order valence-corrected chi connectivity index (χ3v) is 6.45. The summed E-state index contributed by atoms with van der Waals surface area (Å²) in [5.41, 5.74) is 3.66. The van der Waals surface area contributed by atoms with Gasteiger partial charge in [-0.15, -0.1) is 0 Å². The number of cyclic esters (lactones) is 1. The topological polar surface area (TPSA) is 66.8 Å². The van der Waals surface area contributed by atoms with Crippen molar-refractivity contribution in [3.05, 3.63) is 93.5 Å². The Bertz CT molecular complexity index is 1220. The Balaban J connectivity index is 2.27. The van der Waals surface area contributed by atoms with Gasteiger partial charge in [-0.3, -0.25) is 0 Å². The van der Waals surface area contributed by atoms with Gasteiger partial charge < -0.3 is 14.9 Å². The maximum Gasteiger partial charge on any atom is 0.340 e. The quantitative estimate of drug-likeness (QED) is 0.445. The molecule has 2 N–H and O–H groups in total. The van der Waals surface area contributed by atoms with E-state index >= 15 is 0 Å². The second-order valence-corrected chi connectivity index (χ2v) is 11.0. The number of carbonyl (C=O) groups excluding carboxylic acids is 1. The lowest BCUT2D eigenvalue weighted by Crippen LogP contribution is -2.37. The third-order valence-electron chi connectivity index (χ3n) is 6.45. The van der Waals surface area contributed by atoms with E-state index in [1.54, 1.807) is 30.3 Å². The van der Waals surface area contributed by atoms with Crippen molar-refractivity contribution in [3.63, 3.8) is 0 Å². The van der Waals surface area contributed by atoms with Gasteiger partial charge in [-0.1, -0.05) is 65.8 Å². The van der Waals surface area contributed by atoms with Gasteiger partial charge in [0.25, 0.3) is 0 Å². The molecule has 0 saturated carbocycles. The van der Waals surface area contributed by atoms with E-state index in [1.165, 1.54) is 0 Å². The van der Waals surface area contributed by atoms with E-state index in [9.17, 15) is 15.0 Å². The average Bonchev–Trinajstić information content (AvgIpc) is 2.99. The molecule has 3 aromatic rings. The number of ether oxygens (including phenoxy) is 1. The highest BCUT2D eigenvalue weighted by atomic mass is 16.6. The van der Waals surface area contributed by atoms with Crippen LogP contribution in [0.1, 0.15) is 85.3 Å². The predicted octanol–water partition coefficient (Wildman–Crippen LogP) is 6.46. The van der Waals surface area contributed by atoms with Gasteiger partial charge in [-0.05, 0) is 64.8 Å². The largest absolute Gasteiger partial charge is 0.508 e. The fraction of sp³-hybridized carbons (Fsp3) is 0.345. The van der Waals surface area contributed by atoms with Crippen LogP contribution in [0.2, 0.25) is 0 Å². The molecule has 0 fully saturated rings. The summed E-state index contributed by atoms with van der Waals surface area (Å²) < 4.78 is 6.42. The molecule has 4 rings (SSSR count). The van der Waals surface area contributed by atoms with E-state index in [2.05, 4.69) is 41.5 Å². The fourth-order valence-electron chi connectivity index (χ4n) is 4.97. The molecule has 0 aromatic heterocycles. The van der Waals surface area contributed by atoms with Crippen LogP contribution in [-0.2, 0) is 21.2 Å². The number of esters is 1. The predicted molar refractivity (Wildman–Crippen MR) is 130 cm³/mol. The standard InChI is InChI=1S/C29H32O4/c1-17-14-18(30)12-13-21(17)29(22-11-9-8-10-20(22)26(32)33-29)25-23(27(2,3)4)15-19(31)16-24(25)28(5,6)7/h8-16,30-31H,1-7H3. The summed E-state index contributed by atoms with van der Waals surface area (Å²) in [4.78, 5) is 13.3. The molecule has 0 bridgehead atoms. The first-order valence-corrected chi connectivity index (χ1v) is 11.3. The third kappa shape index (κ3) is 3.58.